The van der Waals surface area contributed by atoms with E-state index in [1.165, 1.54) is 10.4 Å². The zero-order valence-electron chi connectivity index (χ0n) is 10.7. The van der Waals surface area contributed by atoms with E-state index < -0.39 is 0 Å². The number of nitrogens with one attached hydrogen (secondary N) is 2. The molecule has 0 aromatic carbocycles. The number of guanidine groups is 1. The molecule has 0 bridgehead atoms. The Kier molecular flexibility index (Phi) is 3.26. The number of thiophene rings is 1. The van der Waals surface area contributed by atoms with Crippen LogP contribution in [-0.2, 0) is 16.8 Å². The fourth-order valence-corrected chi connectivity index (χ4v) is 3.48. The van der Waals surface area contributed by atoms with E-state index in [0.29, 0.717) is 0 Å². The van der Waals surface area contributed by atoms with Gasteiger partial charge in [-0.3, -0.25) is 4.99 Å². The molecule has 0 saturated heterocycles. The van der Waals surface area contributed by atoms with Gasteiger partial charge in [-0.1, -0.05) is 0 Å². The maximum absolute atomic E-state index is 6.00. The largest absolute Gasteiger partial charge is 0.368 e. The Hall–Kier alpha value is -1.07. The molecule has 0 spiro atoms. The Labute approximate surface area is 111 Å². The molecule has 3 rings (SSSR count). The Morgan fingerprint density at radius 3 is 3.39 bits per heavy atom. The molecule has 5 heteroatoms. The molecule has 1 aromatic rings. The van der Waals surface area contributed by atoms with Crippen LogP contribution >= 0.6 is 11.3 Å². The summed E-state index contributed by atoms with van der Waals surface area (Å²) >= 11 is 1.84. The average Bonchev–Trinajstić information content (AvgIpc) is 2.88. The number of aliphatic imine (C=N–C) groups is 1. The van der Waals surface area contributed by atoms with Gasteiger partial charge in [0.1, 0.15) is 5.60 Å². The number of nitrogens with zero attached hydrogens (tertiary/aromatic N) is 1. The van der Waals surface area contributed by atoms with Gasteiger partial charge in [-0.25, -0.2) is 0 Å². The van der Waals surface area contributed by atoms with Crippen molar-refractivity contribution in [2.75, 3.05) is 26.2 Å². The molecule has 0 radical (unpaired) electrons. The predicted octanol–water partition coefficient (Wildman–Crippen LogP) is 1.47. The second kappa shape index (κ2) is 4.90. The molecule has 0 amide bonds. The topological polar surface area (TPSA) is 45.7 Å². The van der Waals surface area contributed by atoms with Crippen molar-refractivity contribution in [1.82, 2.24) is 10.6 Å². The van der Waals surface area contributed by atoms with Crippen LogP contribution in [0.25, 0.3) is 0 Å². The first-order valence-corrected chi connectivity index (χ1v) is 7.39. The van der Waals surface area contributed by atoms with Gasteiger partial charge in [0, 0.05) is 24.4 Å². The lowest BCUT2D eigenvalue weighted by atomic mass is 9.93. The van der Waals surface area contributed by atoms with Crippen molar-refractivity contribution in [3.05, 3.63) is 21.9 Å². The number of rotatable bonds is 2. The van der Waals surface area contributed by atoms with Crippen molar-refractivity contribution in [2.45, 2.75) is 25.4 Å². The van der Waals surface area contributed by atoms with Crippen LogP contribution in [-0.4, -0.2) is 32.2 Å². The van der Waals surface area contributed by atoms with Crippen LogP contribution in [0.15, 0.2) is 16.4 Å². The quantitative estimate of drug-likeness (QED) is 0.851. The fraction of sp³-hybridized carbons (Fsp3) is 0.615. The zero-order valence-corrected chi connectivity index (χ0v) is 11.5. The predicted molar refractivity (Wildman–Crippen MR) is 74.3 cm³/mol. The highest BCUT2D eigenvalue weighted by atomic mass is 32.1. The lowest BCUT2D eigenvalue weighted by molar-refractivity contribution is -0.0410. The van der Waals surface area contributed by atoms with Crippen LogP contribution in [0.3, 0.4) is 0 Å². The molecule has 2 N–H and O–H groups in total. The van der Waals surface area contributed by atoms with Gasteiger partial charge < -0.3 is 15.4 Å². The highest BCUT2D eigenvalue weighted by Crippen LogP contribution is 2.35. The summed E-state index contributed by atoms with van der Waals surface area (Å²) in [6, 6.07) is 2.19. The van der Waals surface area contributed by atoms with Gasteiger partial charge in [0.15, 0.2) is 5.96 Å². The zero-order chi connectivity index (χ0) is 12.4. The van der Waals surface area contributed by atoms with Gasteiger partial charge in [0.2, 0.25) is 0 Å². The minimum absolute atomic E-state index is 0.227. The maximum atomic E-state index is 6.00. The van der Waals surface area contributed by atoms with E-state index in [0.717, 1.165) is 45.0 Å². The van der Waals surface area contributed by atoms with E-state index >= 15 is 0 Å². The van der Waals surface area contributed by atoms with Gasteiger partial charge in [0.25, 0.3) is 0 Å². The second-order valence-corrected chi connectivity index (χ2v) is 5.95. The van der Waals surface area contributed by atoms with Gasteiger partial charge in [-0.2, -0.15) is 0 Å². The number of hydrogen-bond acceptors (Lipinski definition) is 5. The van der Waals surface area contributed by atoms with E-state index in [1.807, 2.05) is 11.3 Å². The Bertz CT molecular complexity index is 457. The molecule has 1 unspecified atom stereocenters. The van der Waals surface area contributed by atoms with Crippen LogP contribution in [0, 0.1) is 0 Å². The van der Waals surface area contributed by atoms with Crippen molar-refractivity contribution in [2.24, 2.45) is 4.99 Å². The average molecular weight is 265 g/mol. The molecule has 0 saturated carbocycles. The third-order valence-electron chi connectivity index (χ3n) is 3.56. The molecule has 0 fully saturated rings. The van der Waals surface area contributed by atoms with E-state index in [9.17, 15) is 0 Å². The monoisotopic (exact) mass is 265 g/mol. The molecule has 4 nitrogen and oxygen atoms in total. The van der Waals surface area contributed by atoms with Crippen molar-refractivity contribution < 1.29 is 4.74 Å². The molecule has 3 heterocycles. The summed E-state index contributed by atoms with van der Waals surface area (Å²) in [6.45, 7) is 5.66. The first kappa shape index (κ1) is 12.0. The van der Waals surface area contributed by atoms with Crippen LogP contribution < -0.4 is 10.6 Å². The number of hydrogen-bond donors (Lipinski definition) is 2. The third-order valence-corrected chi connectivity index (χ3v) is 4.54. The first-order chi connectivity index (χ1) is 8.78. The lowest BCUT2D eigenvalue weighted by Gasteiger charge is -2.35. The molecular weight excluding hydrogens is 246 g/mol. The molecule has 0 aliphatic carbocycles. The van der Waals surface area contributed by atoms with Gasteiger partial charge in [-0.15, -0.1) is 11.3 Å². The third kappa shape index (κ3) is 2.24. The standard InChI is InChI=1S/C13H19N3OS/c1-13(9-16-12-14-5-2-6-15-12)10-4-8-18-11(10)3-7-17-13/h4,8H,2-3,5-7,9H2,1H3,(H2,14,15,16). The molecule has 18 heavy (non-hydrogen) atoms. The van der Waals surface area contributed by atoms with Gasteiger partial charge in [0.05, 0.1) is 13.2 Å². The smallest absolute Gasteiger partial charge is 0.191 e. The normalized spacial score (nSPS) is 27.1. The van der Waals surface area contributed by atoms with Gasteiger partial charge >= 0.3 is 0 Å². The Morgan fingerprint density at radius 2 is 2.56 bits per heavy atom. The molecule has 1 atom stereocenters. The molecule has 98 valence electrons. The van der Waals surface area contributed by atoms with Crippen molar-refractivity contribution in [3.63, 3.8) is 0 Å². The molecule has 2 aliphatic rings. The van der Waals surface area contributed by atoms with Gasteiger partial charge in [-0.05, 0) is 30.4 Å². The second-order valence-electron chi connectivity index (χ2n) is 4.95. The van der Waals surface area contributed by atoms with Crippen molar-refractivity contribution >= 4 is 17.3 Å². The Balaban J connectivity index is 1.71. The summed E-state index contributed by atoms with van der Waals surface area (Å²) in [5.74, 6) is 0.911. The van der Waals surface area contributed by atoms with Crippen LogP contribution in [0.5, 0.6) is 0 Å². The van der Waals surface area contributed by atoms with E-state index in [4.69, 9.17) is 4.74 Å². The fourth-order valence-electron chi connectivity index (χ4n) is 2.50. The minimum atomic E-state index is -0.227. The summed E-state index contributed by atoms with van der Waals surface area (Å²) in [5, 5.41) is 8.82. The van der Waals surface area contributed by atoms with Crippen molar-refractivity contribution in [1.29, 1.82) is 0 Å². The maximum Gasteiger partial charge on any atom is 0.191 e. The number of ether oxygens (including phenoxy) is 1. The summed E-state index contributed by atoms with van der Waals surface area (Å²) < 4.78 is 6.00. The summed E-state index contributed by atoms with van der Waals surface area (Å²) in [5.41, 5.74) is 1.11. The molecular formula is C13H19N3OS. The molecule has 1 aromatic heterocycles. The minimum Gasteiger partial charge on any atom is -0.368 e. The van der Waals surface area contributed by atoms with Crippen LogP contribution in [0.2, 0.25) is 0 Å². The Morgan fingerprint density at radius 1 is 1.61 bits per heavy atom. The van der Waals surface area contributed by atoms with Crippen LogP contribution in [0.4, 0.5) is 0 Å². The summed E-state index contributed by atoms with van der Waals surface area (Å²) in [7, 11) is 0. The summed E-state index contributed by atoms with van der Waals surface area (Å²) in [6.07, 6.45) is 2.16. The summed E-state index contributed by atoms with van der Waals surface area (Å²) in [4.78, 5) is 5.89. The van der Waals surface area contributed by atoms with E-state index in [2.05, 4.69) is 34.0 Å². The number of fused-ring (bicyclic) bond motifs is 1. The first-order valence-electron chi connectivity index (χ1n) is 6.51. The highest BCUT2D eigenvalue weighted by molar-refractivity contribution is 7.10. The lowest BCUT2D eigenvalue weighted by Crippen LogP contribution is -2.48. The van der Waals surface area contributed by atoms with E-state index in [1.54, 1.807) is 0 Å². The SMILES string of the molecule is CC1(CNC2=NCCCN2)OCCc2sccc21. The highest BCUT2D eigenvalue weighted by Gasteiger charge is 2.34. The molecule has 2 aliphatic heterocycles. The van der Waals surface area contributed by atoms with E-state index in [-0.39, 0.29) is 5.60 Å². The van der Waals surface area contributed by atoms with Crippen LogP contribution in [0.1, 0.15) is 23.8 Å². The van der Waals surface area contributed by atoms with Crippen molar-refractivity contribution in [3.8, 4) is 0 Å².